The van der Waals surface area contributed by atoms with Crippen LogP contribution in [0, 0.1) is 5.41 Å². The highest BCUT2D eigenvalue weighted by Crippen LogP contribution is 2.27. The van der Waals surface area contributed by atoms with E-state index in [4.69, 9.17) is 4.74 Å². The number of anilines is 1. The predicted octanol–water partition coefficient (Wildman–Crippen LogP) is 4.58. The van der Waals surface area contributed by atoms with Gasteiger partial charge in [0.25, 0.3) is 0 Å². The lowest BCUT2D eigenvalue weighted by Crippen LogP contribution is -2.27. The maximum absolute atomic E-state index is 12.0. The van der Waals surface area contributed by atoms with Crippen LogP contribution in [0.1, 0.15) is 34.6 Å². The highest BCUT2D eigenvalue weighted by molar-refractivity contribution is 7.14. The van der Waals surface area contributed by atoms with Crippen LogP contribution < -0.4 is 10.1 Å². The smallest absolute Gasteiger partial charge is 0.231 e. The molecule has 0 saturated carbocycles. The first-order valence-corrected chi connectivity index (χ1v) is 8.18. The Balaban J connectivity index is 2.09. The number of carbonyl (C=O) groups is 1. The highest BCUT2D eigenvalue weighted by atomic mass is 32.1. The summed E-state index contributed by atoms with van der Waals surface area (Å²) in [5.74, 6) is 0.810. The van der Waals surface area contributed by atoms with Crippen LogP contribution in [0.15, 0.2) is 29.6 Å². The molecule has 0 aliphatic rings. The molecule has 0 aliphatic heterocycles. The van der Waals surface area contributed by atoms with Gasteiger partial charge in [0.2, 0.25) is 5.91 Å². The number of nitrogens with one attached hydrogen (secondary N) is 1. The standard InChI is InChI=1S/C17H22N2O2S/c1-11(2)21-13-8-6-12(7-9-13)14-10-22-16(18-14)19-15(20)17(3,4)5/h6-11H,1-5H3,(H,18,19,20). The number of nitrogens with zero attached hydrogens (tertiary/aromatic N) is 1. The first-order valence-electron chi connectivity index (χ1n) is 7.30. The molecule has 0 bridgehead atoms. The molecule has 0 unspecified atom stereocenters. The zero-order chi connectivity index (χ0) is 16.3. The normalized spacial score (nSPS) is 11.5. The number of hydrogen-bond acceptors (Lipinski definition) is 4. The lowest BCUT2D eigenvalue weighted by Gasteiger charge is -2.15. The molecular weight excluding hydrogens is 296 g/mol. The molecule has 0 spiro atoms. The molecule has 4 nitrogen and oxygen atoms in total. The van der Waals surface area contributed by atoms with Crippen LogP contribution in [0.2, 0.25) is 0 Å². The number of aromatic nitrogens is 1. The molecule has 0 atom stereocenters. The number of hydrogen-bond donors (Lipinski definition) is 1. The SMILES string of the molecule is CC(C)Oc1ccc(-c2csc(NC(=O)C(C)(C)C)n2)cc1. The van der Waals surface area contributed by atoms with Gasteiger partial charge in [-0.3, -0.25) is 4.79 Å². The number of carbonyl (C=O) groups excluding carboxylic acids is 1. The van der Waals surface area contributed by atoms with Gasteiger partial charge in [0.15, 0.2) is 5.13 Å². The van der Waals surface area contributed by atoms with E-state index in [1.807, 2.05) is 64.3 Å². The minimum absolute atomic E-state index is 0.0333. The largest absolute Gasteiger partial charge is 0.491 e. The summed E-state index contributed by atoms with van der Waals surface area (Å²) in [7, 11) is 0. The van der Waals surface area contributed by atoms with Crippen molar-refractivity contribution in [1.82, 2.24) is 4.98 Å². The Morgan fingerprint density at radius 3 is 2.41 bits per heavy atom. The lowest BCUT2D eigenvalue weighted by atomic mass is 9.96. The van der Waals surface area contributed by atoms with Gasteiger partial charge < -0.3 is 10.1 Å². The first kappa shape index (κ1) is 16.5. The third-order valence-electron chi connectivity index (χ3n) is 2.93. The average molecular weight is 318 g/mol. The quantitative estimate of drug-likeness (QED) is 0.897. The van der Waals surface area contributed by atoms with Crippen molar-refractivity contribution in [3.63, 3.8) is 0 Å². The summed E-state index contributed by atoms with van der Waals surface area (Å²) in [5.41, 5.74) is 1.43. The van der Waals surface area contributed by atoms with E-state index in [1.54, 1.807) is 0 Å². The van der Waals surface area contributed by atoms with Gasteiger partial charge in [0.05, 0.1) is 11.8 Å². The van der Waals surface area contributed by atoms with Crippen molar-refractivity contribution in [2.45, 2.75) is 40.7 Å². The molecule has 0 saturated heterocycles. The maximum Gasteiger partial charge on any atom is 0.231 e. The van der Waals surface area contributed by atoms with Gasteiger partial charge in [-0.1, -0.05) is 20.8 Å². The number of thiazole rings is 1. The van der Waals surface area contributed by atoms with Crippen molar-refractivity contribution >= 4 is 22.4 Å². The van der Waals surface area contributed by atoms with E-state index >= 15 is 0 Å². The van der Waals surface area contributed by atoms with Crippen LogP contribution in [-0.4, -0.2) is 17.0 Å². The van der Waals surface area contributed by atoms with E-state index in [2.05, 4.69) is 10.3 Å². The molecular formula is C17H22N2O2S. The zero-order valence-corrected chi connectivity index (χ0v) is 14.5. The van der Waals surface area contributed by atoms with Gasteiger partial charge in [-0.25, -0.2) is 4.98 Å². The predicted molar refractivity (Wildman–Crippen MR) is 91.4 cm³/mol. The molecule has 1 amide bonds. The molecule has 0 radical (unpaired) electrons. The second kappa shape index (κ2) is 6.48. The lowest BCUT2D eigenvalue weighted by molar-refractivity contribution is -0.123. The molecule has 118 valence electrons. The molecule has 0 aliphatic carbocycles. The Kier molecular flexibility index (Phi) is 4.86. The van der Waals surface area contributed by atoms with E-state index < -0.39 is 5.41 Å². The van der Waals surface area contributed by atoms with E-state index in [1.165, 1.54) is 11.3 Å². The van der Waals surface area contributed by atoms with Crippen LogP contribution in [0.3, 0.4) is 0 Å². The Bertz CT molecular complexity index is 639. The minimum atomic E-state index is -0.429. The maximum atomic E-state index is 12.0. The van der Waals surface area contributed by atoms with E-state index in [0.717, 1.165) is 17.0 Å². The van der Waals surface area contributed by atoms with Crippen molar-refractivity contribution < 1.29 is 9.53 Å². The number of rotatable bonds is 4. The Morgan fingerprint density at radius 1 is 1.23 bits per heavy atom. The summed E-state index contributed by atoms with van der Waals surface area (Å²) < 4.78 is 5.63. The highest BCUT2D eigenvalue weighted by Gasteiger charge is 2.22. The third kappa shape index (κ3) is 4.31. The molecule has 0 fully saturated rings. The monoisotopic (exact) mass is 318 g/mol. The Hall–Kier alpha value is -1.88. The van der Waals surface area contributed by atoms with Crippen LogP contribution in [0.25, 0.3) is 11.3 Å². The molecule has 2 aromatic rings. The summed E-state index contributed by atoms with van der Waals surface area (Å²) in [4.78, 5) is 16.4. The molecule has 1 heterocycles. The molecule has 1 aromatic heterocycles. The van der Waals surface area contributed by atoms with Gasteiger partial charge in [-0.05, 0) is 38.1 Å². The molecule has 2 rings (SSSR count). The van der Waals surface area contributed by atoms with Crippen LogP contribution in [0.5, 0.6) is 5.75 Å². The van der Waals surface area contributed by atoms with Crippen molar-refractivity contribution in [3.05, 3.63) is 29.6 Å². The average Bonchev–Trinajstić information content (AvgIpc) is 2.86. The van der Waals surface area contributed by atoms with Gasteiger partial charge in [0, 0.05) is 16.4 Å². The fourth-order valence-electron chi connectivity index (χ4n) is 1.72. The Labute approximate surface area is 135 Å². The fourth-order valence-corrected chi connectivity index (χ4v) is 2.44. The van der Waals surface area contributed by atoms with Crippen LogP contribution in [0.4, 0.5) is 5.13 Å². The molecule has 5 heteroatoms. The summed E-state index contributed by atoms with van der Waals surface area (Å²) in [6.07, 6.45) is 0.157. The summed E-state index contributed by atoms with van der Waals surface area (Å²) >= 11 is 1.43. The fraction of sp³-hybridized carbons (Fsp3) is 0.412. The van der Waals surface area contributed by atoms with Gasteiger partial charge in [0.1, 0.15) is 5.75 Å². The molecule has 22 heavy (non-hydrogen) atoms. The zero-order valence-electron chi connectivity index (χ0n) is 13.6. The number of ether oxygens (including phenoxy) is 1. The van der Waals surface area contributed by atoms with E-state index in [0.29, 0.717) is 5.13 Å². The van der Waals surface area contributed by atoms with Crippen molar-refractivity contribution in [2.75, 3.05) is 5.32 Å². The summed E-state index contributed by atoms with van der Waals surface area (Å²) in [6, 6.07) is 7.81. The summed E-state index contributed by atoms with van der Waals surface area (Å²) in [6.45, 7) is 9.63. The second-order valence-electron chi connectivity index (χ2n) is 6.43. The van der Waals surface area contributed by atoms with Crippen molar-refractivity contribution in [3.8, 4) is 17.0 Å². The number of benzene rings is 1. The first-order chi connectivity index (χ1) is 10.3. The van der Waals surface area contributed by atoms with Crippen molar-refractivity contribution in [2.24, 2.45) is 5.41 Å². The van der Waals surface area contributed by atoms with Gasteiger partial charge in [-0.15, -0.1) is 11.3 Å². The number of amides is 1. The van der Waals surface area contributed by atoms with Crippen molar-refractivity contribution in [1.29, 1.82) is 0 Å². The van der Waals surface area contributed by atoms with Gasteiger partial charge in [-0.2, -0.15) is 0 Å². The van der Waals surface area contributed by atoms with Gasteiger partial charge >= 0.3 is 0 Å². The van der Waals surface area contributed by atoms with E-state index in [-0.39, 0.29) is 12.0 Å². The second-order valence-corrected chi connectivity index (χ2v) is 7.29. The Morgan fingerprint density at radius 2 is 1.86 bits per heavy atom. The summed E-state index contributed by atoms with van der Waals surface area (Å²) in [5, 5.41) is 5.42. The van der Waals surface area contributed by atoms with E-state index in [9.17, 15) is 4.79 Å². The van der Waals surface area contributed by atoms with Crippen LogP contribution in [-0.2, 0) is 4.79 Å². The molecule has 1 aromatic carbocycles. The van der Waals surface area contributed by atoms with Crippen LogP contribution >= 0.6 is 11.3 Å². The molecule has 1 N–H and O–H groups in total. The third-order valence-corrected chi connectivity index (χ3v) is 3.69. The topological polar surface area (TPSA) is 51.2 Å². The minimum Gasteiger partial charge on any atom is -0.491 e.